The van der Waals surface area contributed by atoms with Crippen molar-refractivity contribution >= 4 is 22.9 Å². The molecule has 0 bridgehead atoms. The number of anilines is 1. The van der Waals surface area contributed by atoms with Gasteiger partial charge in [-0.05, 0) is 29.8 Å². The van der Waals surface area contributed by atoms with Gasteiger partial charge >= 0.3 is 0 Å². The normalized spacial score (nSPS) is 11.1. The molecule has 0 amide bonds. The van der Waals surface area contributed by atoms with Crippen molar-refractivity contribution in [2.24, 2.45) is 0 Å². The largest absolute Gasteiger partial charge is 0.360 e. The van der Waals surface area contributed by atoms with Crippen molar-refractivity contribution in [3.63, 3.8) is 0 Å². The van der Waals surface area contributed by atoms with Crippen LogP contribution >= 0.6 is 11.6 Å². The molecule has 1 heterocycles. The number of tetrazole rings is 1. The van der Waals surface area contributed by atoms with E-state index in [1.807, 2.05) is 25.1 Å². The highest BCUT2D eigenvalue weighted by Crippen LogP contribution is 2.23. The number of rotatable bonds is 3. The van der Waals surface area contributed by atoms with E-state index in [4.69, 9.17) is 16.9 Å². The maximum absolute atomic E-state index is 8.99. The third-order valence-corrected chi connectivity index (χ3v) is 2.76. The molecule has 0 atom stereocenters. The van der Waals surface area contributed by atoms with E-state index in [0.717, 1.165) is 11.3 Å². The molecule has 0 aliphatic carbocycles. The van der Waals surface area contributed by atoms with Gasteiger partial charge in [-0.25, -0.2) is 0 Å². The Morgan fingerprint density at radius 1 is 1.56 bits per heavy atom. The van der Waals surface area contributed by atoms with E-state index >= 15 is 0 Å². The van der Waals surface area contributed by atoms with Crippen LogP contribution in [0.4, 0.5) is 5.69 Å². The molecule has 2 rings (SSSR count). The molecule has 0 aliphatic rings. The Bertz CT molecular complexity index is 611. The van der Waals surface area contributed by atoms with Crippen molar-refractivity contribution in [2.75, 3.05) is 5.32 Å². The summed E-state index contributed by atoms with van der Waals surface area (Å²) in [5.74, 6) is 0.240. The first-order valence-electron chi connectivity index (χ1n) is 5.08. The third-order valence-electron chi connectivity index (χ3n) is 2.35. The second-order valence-corrected chi connectivity index (χ2v) is 3.87. The summed E-state index contributed by atoms with van der Waals surface area (Å²) in [5, 5.41) is 25.8. The fourth-order valence-electron chi connectivity index (χ4n) is 1.34. The molecule has 0 saturated carbocycles. The van der Waals surface area contributed by atoms with Crippen LogP contribution < -0.4 is 5.32 Å². The van der Waals surface area contributed by atoms with Crippen molar-refractivity contribution in [3.05, 3.63) is 40.8 Å². The lowest BCUT2D eigenvalue weighted by atomic mass is 10.2. The van der Waals surface area contributed by atoms with Crippen molar-refractivity contribution in [1.29, 1.82) is 5.26 Å². The van der Waals surface area contributed by atoms with Gasteiger partial charge in [0, 0.05) is 16.9 Å². The first-order chi connectivity index (χ1) is 8.72. The predicted octanol–water partition coefficient (Wildman–Crippen LogP) is 2.14. The van der Waals surface area contributed by atoms with Gasteiger partial charge in [-0.1, -0.05) is 17.7 Å². The molecule has 90 valence electrons. The van der Waals surface area contributed by atoms with E-state index in [0.29, 0.717) is 5.02 Å². The van der Waals surface area contributed by atoms with Crippen molar-refractivity contribution in [1.82, 2.24) is 20.6 Å². The van der Waals surface area contributed by atoms with Crippen LogP contribution in [0.5, 0.6) is 0 Å². The number of aromatic amines is 1. The lowest BCUT2D eigenvalue weighted by Crippen LogP contribution is -1.95. The lowest BCUT2D eigenvalue weighted by Gasteiger charge is -2.06. The van der Waals surface area contributed by atoms with Gasteiger partial charge in [0.25, 0.3) is 0 Å². The van der Waals surface area contributed by atoms with Crippen LogP contribution in [0.15, 0.2) is 24.4 Å². The lowest BCUT2D eigenvalue weighted by molar-refractivity contribution is 0.881. The molecule has 0 aliphatic heterocycles. The number of halogens is 1. The van der Waals surface area contributed by atoms with Crippen LogP contribution in [0.3, 0.4) is 0 Å². The monoisotopic (exact) mass is 260 g/mol. The summed E-state index contributed by atoms with van der Waals surface area (Å²) in [6, 6.07) is 7.48. The van der Waals surface area contributed by atoms with Crippen LogP contribution in [-0.2, 0) is 0 Å². The first kappa shape index (κ1) is 12.1. The summed E-state index contributed by atoms with van der Waals surface area (Å²) < 4.78 is 0. The fourth-order valence-corrected chi connectivity index (χ4v) is 1.51. The van der Waals surface area contributed by atoms with Crippen LogP contribution in [0.25, 0.3) is 5.57 Å². The zero-order valence-electron chi connectivity index (χ0n) is 9.48. The Balaban J connectivity index is 2.25. The van der Waals surface area contributed by atoms with Gasteiger partial charge in [0.15, 0.2) is 0 Å². The zero-order valence-corrected chi connectivity index (χ0v) is 10.2. The van der Waals surface area contributed by atoms with Gasteiger partial charge in [-0.3, -0.25) is 0 Å². The van der Waals surface area contributed by atoms with Gasteiger partial charge in [-0.15, -0.1) is 10.2 Å². The number of hydrogen-bond donors (Lipinski definition) is 2. The Labute approximate surface area is 108 Å². The van der Waals surface area contributed by atoms with Crippen LogP contribution in [0.1, 0.15) is 11.4 Å². The topological polar surface area (TPSA) is 90.3 Å². The number of nitrogens with one attached hydrogen (secondary N) is 2. The quantitative estimate of drug-likeness (QED) is 0.825. The minimum Gasteiger partial charge on any atom is -0.360 e. The molecular weight excluding hydrogens is 252 g/mol. The van der Waals surface area contributed by atoms with E-state index in [2.05, 4.69) is 25.9 Å². The van der Waals surface area contributed by atoms with Crippen LogP contribution in [-0.4, -0.2) is 20.6 Å². The number of nitriles is 1. The maximum atomic E-state index is 8.99. The second-order valence-electron chi connectivity index (χ2n) is 3.46. The standard InChI is InChI=1S/C11H9ClN6/c1-7-9(12)3-2-4-10(7)14-6-8(5-13)11-15-17-18-16-11/h2-4,6,14H,1H3,(H,15,16,17,18). The number of nitrogens with zero attached hydrogens (tertiary/aromatic N) is 4. The highest BCUT2D eigenvalue weighted by Gasteiger charge is 2.06. The van der Waals surface area contributed by atoms with Crippen molar-refractivity contribution in [3.8, 4) is 6.07 Å². The average Bonchev–Trinajstić information content (AvgIpc) is 2.89. The number of H-pyrrole nitrogens is 1. The highest BCUT2D eigenvalue weighted by atomic mass is 35.5. The van der Waals surface area contributed by atoms with Crippen LogP contribution in [0.2, 0.25) is 5.02 Å². The average molecular weight is 261 g/mol. The Hall–Kier alpha value is -2.39. The molecule has 7 heteroatoms. The Kier molecular flexibility index (Phi) is 3.55. The van der Waals surface area contributed by atoms with E-state index in [-0.39, 0.29) is 11.4 Å². The number of hydrogen-bond acceptors (Lipinski definition) is 5. The molecule has 2 aromatic rings. The van der Waals surface area contributed by atoms with Gasteiger partial charge in [0.1, 0.15) is 11.6 Å². The van der Waals surface area contributed by atoms with Gasteiger partial charge < -0.3 is 5.32 Å². The van der Waals surface area contributed by atoms with Crippen molar-refractivity contribution in [2.45, 2.75) is 6.92 Å². The van der Waals surface area contributed by atoms with Crippen molar-refractivity contribution < 1.29 is 0 Å². The van der Waals surface area contributed by atoms with Gasteiger partial charge in [-0.2, -0.15) is 10.5 Å². The molecule has 0 unspecified atom stereocenters. The SMILES string of the molecule is Cc1c(Cl)cccc1NC=C(C#N)c1nn[nH]n1. The number of benzene rings is 1. The number of aromatic nitrogens is 4. The summed E-state index contributed by atoms with van der Waals surface area (Å²) in [4.78, 5) is 0. The minimum absolute atomic E-state index is 0.240. The van der Waals surface area contributed by atoms with E-state index in [1.165, 1.54) is 6.20 Å². The Morgan fingerprint density at radius 3 is 3.06 bits per heavy atom. The zero-order chi connectivity index (χ0) is 13.0. The maximum Gasteiger partial charge on any atom is 0.216 e. The summed E-state index contributed by atoms with van der Waals surface area (Å²) in [5.41, 5.74) is 2.00. The molecule has 1 aromatic heterocycles. The summed E-state index contributed by atoms with van der Waals surface area (Å²) in [7, 11) is 0. The minimum atomic E-state index is 0.240. The third kappa shape index (κ3) is 2.47. The molecule has 0 spiro atoms. The second kappa shape index (κ2) is 5.29. The molecule has 0 radical (unpaired) electrons. The first-order valence-corrected chi connectivity index (χ1v) is 5.46. The molecule has 0 fully saturated rings. The summed E-state index contributed by atoms with van der Waals surface area (Å²) in [6.07, 6.45) is 1.52. The molecule has 1 aromatic carbocycles. The molecule has 18 heavy (non-hydrogen) atoms. The fraction of sp³-hybridized carbons (Fsp3) is 0.0909. The van der Waals surface area contributed by atoms with E-state index < -0.39 is 0 Å². The van der Waals surface area contributed by atoms with Crippen LogP contribution in [0, 0.1) is 18.3 Å². The summed E-state index contributed by atoms with van der Waals surface area (Å²) in [6.45, 7) is 1.89. The smallest absolute Gasteiger partial charge is 0.216 e. The molecule has 2 N–H and O–H groups in total. The molecule has 6 nitrogen and oxygen atoms in total. The van der Waals surface area contributed by atoms with E-state index in [9.17, 15) is 0 Å². The van der Waals surface area contributed by atoms with Gasteiger partial charge in [0.05, 0.1) is 0 Å². The predicted molar refractivity (Wildman–Crippen MR) is 67.6 cm³/mol. The van der Waals surface area contributed by atoms with Gasteiger partial charge in [0.2, 0.25) is 5.82 Å². The molecular formula is C11H9ClN6. The highest BCUT2D eigenvalue weighted by molar-refractivity contribution is 6.31. The summed E-state index contributed by atoms with van der Waals surface area (Å²) >= 11 is 6.00. The molecule has 0 saturated heterocycles. The van der Waals surface area contributed by atoms with E-state index in [1.54, 1.807) is 6.07 Å². The Morgan fingerprint density at radius 2 is 2.39 bits per heavy atom. The number of allylic oxidation sites excluding steroid dienone is 1.